The first-order valence-electron chi connectivity index (χ1n) is 6.91. The second-order valence-corrected chi connectivity index (χ2v) is 5.50. The van der Waals surface area contributed by atoms with Crippen LogP contribution in [0.15, 0.2) is 30.3 Å². The van der Waals surface area contributed by atoms with Crippen molar-refractivity contribution in [1.82, 2.24) is 0 Å². The first-order valence-corrected chi connectivity index (χ1v) is 6.91. The lowest BCUT2D eigenvalue weighted by Crippen LogP contribution is -3.10. The van der Waals surface area contributed by atoms with Gasteiger partial charge in [-0.3, -0.25) is 0 Å². The van der Waals surface area contributed by atoms with Gasteiger partial charge in [-0.05, 0) is 29.8 Å². The average molecular weight is 324 g/mol. The van der Waals surface area contributed by atoms with Crippen LogP contribution in [0.1, 0.15) is 16.7 Å². The van der Waals surface area contributed by atoms with Gasteiger partial charge in [-0.25, -0.2) is 0 Å². The molecule has 0 saturated heterocycles. The number of para-hydroxylation sites is 1. The van der Waals surface area contributed by atoms with Gasteiger partial charge in [0.15, 0.2) is 23.0 Å². The minimum absolute atomic E-state index is 0. The molecule has 2 aromatic rings. The minimum Gasteiger partial charge on any atom is -1.00 e. The predicted molar refractivity (Wildman–Crippen MR) is 76.5 cm³/mol. The molecule has 5 N–H and O–H groups in total. The van der Waals surface area contributed by atoms with Gasteiger partial charge in [0.2, 0.25) is 0 Å². The van der Waals surface area contributed by atoms with Gasteiger partial charge in [0.25, 0.3) is 0 Å². The van der Waals surface area contributed by atoms with E-state index in [9.17, 15) is 20.4 Å². The normalized spacial score (nSPS) is 16.6. The molecular weight excluding hydrogens is 306 g/mol. The van der Waals surface area contributed by atoms with Crippen molar-refractivity contribution in [3.05, 3.63) is 47.0 Å². The minimum atomic E-state index is -0.105. The maximum atomic E-state index is 9.87. The van der Waals surface area contributed by atoms with Crippen LogP contribution in [0, 0.1) is 0 Å². The van der Waals surface area contributed by atoms with Crippen LogP contribution >= 0.6 is 0 Å². The highest BCUT2D eigenvalue weighted by Crippen LogP contribution is 2.30. The fourth-order valence-electron chi connectivity index (χ4n) is 2.87. The molecule has 0 radical (unpaired) electrons. The number of fused-ring (bicyclic) bond motifs is 1. The zero-order valence-corrected chi connectivity index (χ0v) is 12.6. The van der Waals surface area contributed by atoms with Gasteiger partial charge in [-0.1, -0.05) is 6.07 Å². The molecule has 0 amide bonds. The Balaban J connectivity index is 0.00000176. The Bertz CT molecular complexity index is 690. The first kappa shape index (κ1) is 16.3. The monoisotopic (exact) mass is 323 g/mol. The summed E-state index contributed by atoms with van der Waals surface area (Å²) < 4.78 is 0. The quantitative estimate of drug-likeness (QED) is 0.401. The summed E-state index contributed by atoms with van der Waals surface area (Å²) in [5.74, 6) is -0.353. The number of aromatic hydroxyl groups is 4. The zero-order valence-electron chi connectivity index (χ0n) is 11.9. The van der Waals surface area contributed by atoms with E-state index in [4.69, 9.17) is 0 Å². The van der Waals surface area contributed by atoms with E-state index in [1.165, 1.54) is 11.0 Å². The predicted octanol–water partition coefficient (Wildman–Crippen LogP) is -2.35. The van der Waals surface area contributed by atoms with E-state index < -0.39 is 0 Å². The summed E-state index contributed by atoms with van der Waals surface area (Å²) in [5, 5.41) is 38.5. The molecule has 0 bridgehead atoms. The number of hydrogen-bond acceptors (Lipinski definition) is 4. The average Bonchev–Trinajstić information content (AvgIpc) is 2.45. The molecule has 0 spiro atoms. The Morgan fingerprint density at radius 3 is 2.32 bits per heavy atom. The SMILES string of the molecule is Oc1cc2c(cc1O)C[NH+](Cc1cccc(O)c1O)CC2.[Cl-]. The molecule has 3 rings (SSSR count). The van der Waals surface area contributed by atoms with E-state index in [-0.39, 0.29) is 35.4 Å². The van der Waals surface area contributed by atoms with Gasteiger partial charge in [0.05, 0.1) is 12.1 Å². The maximum absolute atomic E-state index is 9.87. The number of benzene rings is 2. The van der Waals surface area contributed by atoms with Gasteiger partial charge >= 0.3 is 0 Å². The van der Waals surface area contributed by atoms with Crippen molar-refractivity contribution in [3.8, 4) is 23.0 Å². The van der Waals surface area contributed by atoms with Crippen molar-refractivity contribution in [3.63, 3.8) is 0 Å². The van der Waals surface area contributed by atoms with Crippen LogP contribution in [-0.4, -0.2) is 27.0 Å². The summed E-state index contributed by atoms with van der Waals surface area (Å²) in [6.45, 7) is 2.17. The van der Waals surface area contributed by atoms with Gasteiger partial charge in [-0.15, -0.1) is 0 Å². The second kappa shape index (κ2) is 6.34. The van der Waals surface area contributed by atoms with Gasteiger partial charge in [0.1, 0.15) is 13.1 Å². The lowest BCUT2D eigenvalue weighted by molar-refractivity contribution is -0.929. The van der Waals surface area contributed by atoms with E-state index >= 15 is 0 Å². The van der Waals surface area contributed by atoms with Gasteiger partial charge in [-0.2, -0.15) is 0 Å². The van der Waals surface area contributed by atoms with Crippen molar-refractivity contribution < 1.29 is 37.7 Å². The third-order valence-electron chi connectivity index (χ3n) is 4.02. The molecule has 22 heavy (non-hydrogen) atoms. The number of halogens is 1. The van der Waals surface area contributed by atoms with Crippen LogP contribution in [-0.2, 0) is 19.5 Å². The molecule has 0 aliphatic carbocycles. The Morgan fingerprint density at radius 1 is 0.909 bits per heavy atom. The van der Waals surface area contributed by atoms with Crippen molar-refractivity contribution in [2.45, 2.75) is 19.5 Å². The highest BCUT2D eigenvalue weighted by atomic mass is 35.5. The van der Waals surface area contributed by atoms with Crippen molar-refractivity contribution >= 4 is 0 Å². The molecule has 1 unspecified atom stereocenters. The molecule has 6 heteroatoms. The Hall–Kier alpha value is -2.11. The molecule has 0 aromatic heterocycles. The zero-order chi connectivity index (χ0) is 15.0. The molecule has 0 fully saturated rings. The molecular formula is C16H18ClNO4. The Kier molecular flexibility index (Phi) is 4.68. The number of rotatable bonds is 2. The highest BCUT2D eigenvalue weighted by Gasteiger charge is 2.22. The molecule has 5 nitrogen and oxygen atoms in total. The molecule has 118 valence electrons. The molecule has 1 aliphatic heterocycles. The number of nitrogens with one attached hydrogen (secondary N) is 1. The first-order chi connectivity index (χ1) is 10.0. The topological polar surface area (TPSA) is 85.4 Å². The van der Waals surface area contributed by atoms with Crippen molar-refractivity contribution in [2.75, 3.05) is 6.54 Å². The van der Waals surface area contributed by atoms with Crippen molar-refractivity contribution in [1.29, 1.82) is 0 Å². The van der Waals surface area contributed by atoms with E-state index in [1.54, 1.807) is 24.3 Å². The number of phenols is 4. The summed E-state index contributed by atoms with van der Waals surface area (Å²) in [7, 11) is 0. The number of phenolic OH excluding ortho intramolecular Hbond substituents is 4. The van der Waals surface area contributed by atoms with Crippen LogP contribution < -0.4 is 17.3 Å². The lowest BCUT2D eigenvalue weighted by atomic mass is 9.98. The largest absolute Gasteiger partial charge is 1.00 e. The summed E-state index contributed by atoms with van der Waals surface area (Å²) in [6, 6.07) is 8.19. The lowest BCUT2D eigenvalue weighted by Gasteiger charge is -2.26. The van der Waals surface area contributed by atoms with E-state index in [2.05, 4.69) is 0 Å². The molecule has 1 heterocycles. The highest BCUT2D eigenvalue weighted by molar-refractivity contribution is 5.46. The molecule has 0 saturated carbocycles. The number of hydrogen-bond donors (Lipinski definition) is 5. The third-order valence-corrected chi connectivity index (χ3v) is 4.02. The fourth-order valence-corrected chi connectivity index (χ4v) is 2.87. The van der Waals surface area contributed by atoms with Crippen LogP contribution in [0.25, 0.3) is 0 Å². The van der Waals surface area contributed by atoms with E-state index in [0.29, 0.717) is 18.7 Å². The molecule has 1 aliphatic rings. The van der Waals surface area contributed by atoms with Crippen LogP contribution in [0.2, 0.25) is 0 Å². The number of quaternary nitrogens is 1. The summed E-state index contributed by atoms with van der Waals surface area (Å²) in [6.07, 6.45) is 0.804. The Labute approximate surface area is 134 Å². The van der Waals surface area contributed by atoms with Crippen LogP contribution in [0.3, 0.4) is 0 Å². The fraction of sp³-hybridized carbons (Fsp3) is 0.250. The van der Waals surface area contributed by atoms with E-state index in [1.807, 2.05) is 0 Å². The van der Waals surface area contributed by atoms with Gasteiger partial charge in [0, 0.05) is 12.0 Å². The van der Waals surface area contributed by atoms with E-state index in [0.717, 1.165) is 24.1 Å². The van der Waals surface area contributed by atoms with Crippen molar-refractivity contribution in [2.24, 2.45) is 0 Å². The second-order valence-electron chi connectivity index (χ2n) is 5.50. The van der Waals surface area contributed by atoms with Gasteiger partial charge < -0.3 is 37.7 Å². The van der Waals surface area contributed by atoms with Crippen LogP contribution in [0.4, 0.5) is 0 Å². The third kappa shape index (κ3) is 3.05. The smallest absolute Gasteiger partial charge is 0.166 e. The Morgan fingerprint density at radius 2 is 1.59 bits per heavy atom. The molecule has 1 atom stereocenters. The molecule has 2 aromatic carbocycles. The van der Waals surface area contributed by atoms with Crippen LogP contribution in [0.5, 0.6) is 23.0 Å². The summed E-state index contributed by atoms with van der Waals surface area (Å²) in [5.41, 5.74) is 2.76. The summed E-state index contributed by atoms with van der Waals surface area (Å²) >= 11 is 0. The standard InChI is InChI=1S/C16H17NO4.ClH/c18-13-3-1-2-11(16(13)21)8-17-5-4-10-6-14(19)15(20)7-12(10)9-17;/h1-3,6-7,18-21H,4-5,8-9H2;1H. The maximum Gasteiger partial charge on any atom is 0.166 e. The summed E-state index contributed by atoms with van der Waals surface area (Å²) in [4.78, 5) is 1.23.